The maximum absolute atomic E-state index is 13.3. The van der Waals surface area contributed by atoms with Gasteiger partial charge in [0, 0.05) is 23.8 Å². The van der Waals surface area contributed by atoms with E-state index < -0.39 is 5.41 Å². The highest BCUT2D eigenvalue weighted by Gasteiger charge is 2.42. The van der Waals surface area contributed by atoms with E-state index in [1.165, 1.54) is 6.42 Å². The Kier molecular flexibility index (Phi) is 6.81. The van der Waals surface area contributed by atoms with Gasteiger partial charge in [-0.1, -0.05) is 36.6 Å². The summed E-state index contributed by atoms with van der Waals surface area (Å²) in [5.41, 5.74) is 1.23. The fraction of sp³-hybridized carbons (Fsp3) is 0.440. The molecule has 6 heteroatoms. The monoisotopic (exact) mass is 440 g/mol. The number of carbonyl (C=O) groups is 2. The minimum atomic E-state index is -0.513. The van der Waals surface area contributed by atoms with Crippen molar-refractivity contribution in [3.63, 3.8) is 0 Å². The topological polar surface area (TPSA) is 58.6 Å². The van der Waals surface area contributed by atoms with Crippen LogP contribution in [0.3, 0.4) is 0 Å². The van der Waals surface area contributed by atoms with Crippen LogP contribution in [0.25, 0.3) is 0 Å². The van der Waals surface area contributed by atoms with Crippen LogP contribution < -0.4 is 10.1 Å². The predicted octanol–water partition coefficient (Wildman–Crippen LogP) is 5.18. The molecular formula is C25H29ClN2O3. The van der Waals surface area contributed by atoms with E-state index in [9.17, 15) is 9.59 Å². The maximum Gasteiger partial charge on any atom is 0.260 e. The van der Waals surface area contributed by atoms with Crippen LogP contribution in [0.1, 0.15) is 50.5 Å². The average Bonchev–Trinajstić information content (AvgIpc) is 3.31. The molecule has 2 aliphatic rings. The predicted molar refractivity (Wildman–Crippen MR) is 123 cm³/mol. The van der Waals surface area contributed by atoms with E-state index in [4.69, 9.17) is 16.3 Å². The van der Waals surface area contributed by atoms with Crippen LogP contribution in [0.5, 0.6) is 5.75 Å². The summed E-state index contributed by atoms with van der Waals surface area (Å²) in [5, 5.41) is 3.75. The zero-order valence-electron chi connectivity index (χ0n) is 17.7. The van der Waals surface area contributed by atoms with Gasteiger partial charge >= 0.3 is 0 Å². The lowest BCUT2D eigenvalue weighted by Crippen LogP contribution is -2.38. The van der Waals surface area contributed by atoms with Crippen molar-refractivity contribution in [3.05, 3.63) is 59.1 Å². The molecule has 1 saturated heterocycles. The van der Waals surface area contributed by atoms with Crippen LogP contribution in [0.2, 0.25) is 5.02 Å². The SMILES string of the molecule is O=C(COc1ccc(NC(=O)C2(c3ccc(Cl)cc3)CCCC2)cc1)N1CCCCC1. The number of ether oxygens (including phenoxy) is 1. The van der Waals surface area contributed by atoms with Crippen molar-refractivity contribution in [1.82, 2.24) is 4.90 Å². The Morgan fingerprint density at radius 3 is 2.19 bits per heavy atom. The highest BCUT2D eigenvalue weighted by atomic mass is 35.5. The molecule has 0 radical (unpaired) electrons. The first-order valence-electron chi connectivity index (χ1n) is 11.1. The lowest BCUT2D eigenvalue weighted by Gasteiger charge is -2.28. The Labute approximate surface area is 188 Å². The molecule has 4 rings (SSSR count). The third-order valence-electron chi connectivity index (χ3n) is 6.47. The summed E-state index contributed by atoms with van der Waals surface area (Å²) >= 11 is 6.04. The maximum atomic E-state index is 13.3. The molecule has 164 valence electrons. The summed E-state index contributed by atoms with van der Waals surface area (Å²) in [7, 11) is 0. The third-order valence-corrected chi connectivity index (χ3v) is 6.72. The van der Waals surface area contributed by atoms with Crippen LogP contribution in [0.4, 0.5) is 5.69 Å². The Hall–Kier alpha value is -2.53. The van der Waals surface area contributed by atoms with E-state index in [1.807, 2.05) is 41.3 Å². The number of nitrogens with zero attached hydrogens (tertiary/aromatic N) is 1. The molecule has 1 heterocycles. The summed E-state index contributed by atoms with van der Waals surface area (Å²) in [4.78, 5) is 27.4. The number of hydrogen-bond acceptors (Lipinski definition) is 3. The molecule has 0 spiro atoms. The number of nitrogens with one attached hydrogen (secondary N) is 1. The molecule has 31 heavy (non-hydrogen) atoms. The summed E-state index contributed by atoms with van der Waals surface area (Å²) in [5.74, 6) is 0.668. The van der Waals surface area contributed by atoms with Crippen LogP contribution in [-0.4, -0.2) is 36.4 Å². The van der Waals surface area contributed by atoms with E-state index in [1.54, 1.807) is 12.1 Å². The van der Waals surface area contributed by atoms with E-state index in [2.05, 4.69) is 5.32 Å². The highest BCUT2D eigenvalue weighted by Crippen LogP contribution is 2.42. The van der Waals surface area contributed by atoms with Gasteiger partial charge in [-0.2, -0.15) is 0 Å². The summed E-state index contributed by atoms with van der Waals surface area (Å²) in [6.45, 7) is 1.69. The number of likely N-dealkylation sites (tertiary alicyclic amines) is 1. The Morgan fingerprint density at radius 1 is 0.903 bits per heavy atom. The molecule has 1 aliphatic carbocycles. The van der Waals surface area contributed by atoms with Crippen molar-refractivity contribution in [2.75, 3.05) is 25.0 Å². The molecule has 2 fully saturated rings. The van der Waals surface area contributed by atoms with Crippen LogP contribution >= 0.6 is 11.6 Å². The number of rotatable bonds is 6. The molecule has 1 aliphatic heterocycles. The van der Waals surface area contributed by atoms with Gasteiger partial charge in [0.2, 0.25) is 5.91 Å². The normalized spacial score (nSPS) is 17.9. The zero-order chi connectivity index (χ0) is 21.7. The molecule has 0 unspecified atom stereocenters. The molecule has 0 aromatic heterocycles. The molecule has 2 aromatic carbocycles. The van der Waals surface area contributed by atoms with Gasteiger partial charge in [-0.15, -0.1) is 0 Å². The Morgan fingerprint density at radius 2 is 1.55 bits per heavy atom. The van der Waals surface area contributed by atoms with Gasteiger partial charge in [-0.25, -0.2) is 0 Å². The number of amides is 2. The van der Waals surface area contributed by atoms with Gasteiger partial charge in [0.1, 0.15) is 5.75 Å². The van der Waals surface area contributed by atoms with Crippen molar-refractivity contribution in [2.45, 2.75) is 50.4 Å². The van der Waals surface area contributed by atoms with Gasteiger partial charge in [0.05, 0.1) is 5.41 Å². The second-order valence-corrected chi connectivity index (χ2v) is 8.94. The van der Waals surface area contributed by atoms with Crippen molar-refractivity contribution in [2.24, 2.45) is 0 Å². The second-order valence-electron chi connectivity index (χ2n) is 8.50. The molecular weight excluding hydrogens is 412 g/mol. The van der Waals surface area contributed by atoms with E-state index >= 15 is 0 Å². The first kappa shape index (κ1) is 21.7. The van der Waals surface area contributed by atoms with Crippen LogP contribution in [0, 0.1) is 0 Å². The van der Waals surface area contributed by atoms with E-state index in [0.717, 1.165) is 62.9 Å². The van der Waals surface area contributed by atoms with E-state index in [0.29, 0.717) is 10.8 Å². The molecule has 5 nitrogen and oxygen atoms in total. The summed E-state index contributed by atoms with van der Waals surface area (Å²) in [6.07, 6.45) is 7.06. The second kappa shape index (κ2) is 9.73. The Balaban J connectivity index is 1.37. The van der Waals surface area contributed by atoms with Gasteiger partial charge in [-0.05, 0) is 74.1 Å². The number of anilines is 1. The van der Waals surface area contributed by atoms with Crippen LogP contribution in [-0.2, 0) is 15.0 Å². The molecule has 1 saturated carbocycles. The minimum absolute atomic E-state index is 0.0151. The molecule has 1 N–H and O–H groups in total. The zero-order valence-corrected chi connectivity index (χ0v) is 18.5. The van der Waals surface area contributed by atoms with Crippen molar-refractivity contribution in [1.29, 1.82) is 0 Å². The van der Waals surface area contributed by atoms with Crippen molar-refractivity contribution >= 4 is 29.1 Å². The lowest BCUT2D eigenvalue weighted by atomic mass is 9.78. The Bertz CT molecular complexity index is 899. The standard InChI is InChI=1S/C25H29ClN2O3/c26-20-8-6-19(7-9-20)25(14-2-3-15-25)24(30)27-21-10-12-22(13-11-21)31-18-23(29)28-16-4-1-5-17-28/h6-13H,1-5,14-18H2,(H,27,30). The molecule has 0 bridgehead atoms. The number of carbonyl (C=O) groups excluding carboxylic acids is 2. The molecule has 2 aromatic rings. The summed E-state index contributed by atoms with van der Waals surface area (Å²) < 4.78 is 5.66. The van der Waals surface area contributed by atoms with Gasteiger partial charge in [-0.3, -0.25) is 9.59 Å². The van der Waals surface area contributed by atoms with Crippen molar-refractivity contribution in [3.8, 4) is 5.75 Å². The number of halogens is 1. The molecule has 0 atom stereocenters. The third kappa shape index (κ3) is 5.04. The summed E-state index contributed by atoms with van der Waals surface area (Å²) in [6, 6.07) is 14.9. The largest absolute Gasteiger partial charge is 0.484 e. The fourth-order valence-electron chi connectivity index (χ4n) is 4.66. The van der Waals surface area contributed by atoms with Gasteiger partial charge in [0.25, 0.3) is 5.91 Å². The lowest BCUT2D eigenvalue weighted by molar-refractivity contribution is -0.134. The van der Waals surface area contributed by atoms with Crippen molar-refractivity contribution < 1.29 is 14.3 Å². The molecule has 2 amide bonds. The quantitative estimate of drug-likeness (QED) is 0.673. The first-order chi connectivity index (χ1) is 15.1. The van der Waals surface area contributed by atoms with Crippen LogP contribution in [0.15, 0.2) is 48.5 Å². The van der Waals surface area contributed by atoms with Gasteiger partial charge < -0.3 is 15.0 Å². The highest BCUT2D eigenvalue weighted by molar-refractivity contribution is 6.30. The fourth-order valence-corrected chi connectivity index (χ4v) is 4.79. The number of benzene rings is 2. The minimum Gasteiger partial charge on any atom is -0.484 e. The average molecular weight is 441 g/mol. The smallest absolute Gasteiger partial charge is 0.260 e. The number of hydrogen-bond donors (Lipinski definition) is 1. The van der Waals surface area contributed by atoms with Gasteiger partial charge in [0.15, 0.2) is 6.61 Å². The number of piperidine rings is 1. The van der Waals surface area contributed by atoms with E-state index in [-0.39, 0.29) is 18.4 Å². The first-order valence-corrected chi connectivity index (χ1v) is 11.5.